The zero-order valence-corrected chi connectivity index (χ0v) is 11.7. The van der Waals surface area contributed by atoms with E-state index in [-0.39, 0.29) is 5.91 Å². The van der Waals surface area contributed by atoms with Crippen molar-refractivity contribution in [2.75, 3.05) is 13.7 Å². The average molecular weight is 280 g/mol. The second kappa shape index (κ2) is 8.04. The van der Waals surface area contributed by atoms with Gasteiger partial charge in [-0.25, -0.2) is 4.79 Å². The highest BCUT2D eigenvalue weighted by atomic mass is 16.5. The van der Waals surface area contributed by atoms with Crippen molar-refractivity contribution in [3.8, 4) is 5.75 Å². The van der Waals surface area contributed by atoms with Crippen LogP contribution in [-0.2, 0) is 11.2 Å². The molecule has 1 aromatic rings. The van der Waals surface area contributed by atoms with Crippen molar-refractivity contribution >= 4 is 12.0 Å². The fraction of sp³-hybridized carbons (Fsp3) is 0.429. The summed E-state index contributed by atoms with van der Waals surface area (Å²) in [5.74, 6) is 0.498. The summed E-state index contributed by atoms with van der Waals surface area (Å²) in [6.07, 6.45) is 0.425. The van der Waals surface area contributed by atoms with Crippen LogP contribution in [0.4, 0.5) is 4.79 Å². The van der Waals surface area contributed by atoms with E-state index < -0.39 is 12.1 Å². The molecule has 0 spiro atoms. The first-order chi connectivity index (χ1) is 9.52. The van der Waals surface area contributed by atoms with Crippen LogP contribution in [0, 0.1) is 0 Å². The topological polar surface area (TPSA) is 87.7 Å². The number of carbonyl (C=O) groups excluding carboxylic acids is 1. The van der Waals surface area contributed by atoms with E-state index in [2.05, 4.69) is 10.6 Å². The minimum atomic E-state index is -1.20. The average Bonchev–Trinajstić information content (AvgIpc) is 2.43. The lowest BCUT2D eigenvalue weighted by molar-refractivity contribution is -0.122. The normalized spacial score (nSPS) is 11.5. The van der Waals surface area contributed by atoms with E-state index in [4.69, 9.17) is 9.84 Å². The quantitative estimate of drug-likeness (QED) is 0.659. The Morgan fingerprint density at radius 1 is 1.30 bits per heavy atom. The predicted octanol–water partition coefficient (Wildman–Crippen LogP) is 1.40. The first-order valence-corrected chi connectivity index (χ1v) is 6.43. The summed E-state index contributed by atoms with van der Waals surface area (Å²) in [6.45, 7) is 2.02. The summed E-state index contributed by atoms with van der Waals surface area (Å²) in [6, 6.07) is 7.01. The zero-order valence-electron chi connectivity index (χ0n) is 11.7. The number of hydrogen-bond donors (Lipinski definition) is 3. The number of amides is 2. The second-order valence-electron chi connectivity index (χ2n) is 4.41. The molecule has 0 saturated carbocycles. The van der Waals surface area contributed by atoms with E-state index in [1.165, 1.54) is 6.92 Å². The van der Waals surface area contributed by atoms with Gasteiger partial charge in [0.1, 0.15) is 11.8 Å². The highest BCUT2D eigenvalue weighted by molar-refractivity contribution is 5.84. The van der Waals surface area contributed by atoms with Gasteiger partial charge in [0, 0.05) is 6.54 Å². The fourth-order valence-corrected chi connectivity index (χ4v) is 1.70. The molecule has 3 N–H and O–H groups in total. The largest absolute Gasteiger partial charge is 0.497 e. The molecule has 0 bridgehead atoms. The molecule has 110 valence electrons. The first kappa shape index (κ1) is 15.8. The highest BCUT2D eigenvalue weighted by Crippen LogP contribution is 2.12. The molecule has 6 nitrogen and oxygen atoms in total. The summed E-state index contributed by atoms with van der Waals surface area (Å²) in [5, 5.41) is 13.3. The molecule has 6 heteroatoms. The van der Waals surface area contributed by atoms with Gasteiger partial charge in [-0.05, 0) is 37.5 Å². The Bertz CT molecular complexity index is 445. The van der Waals surface area contributed by atoms with E-state index in [9.17, 15) is 9.59 Å². The first-order valence-electron chi connectivity index (χ1n) is 6.43. The number of carboxylic acid groups (broad SMARTS) is 1. The molecule has 1 aromatic carbocycles. The summed E-state index contributed by atoms with van der Waals surface area (Å²) in [7, 11) is 1.62. The van der Waals surface area contributed by atoms with Gasteiger partial charge < -0.3 is 20.5 Å². The number of hydrogen-bond acceptors (Lipinski definition) is 3. The van der Waals surface area contributed by atoms with Crippen LogP contribution >= 0.6 is 0 Å². The van der Waals surface area contributed by atoms with Crippen molar-refractivity contribution < 1.29 is 19.4 Å². The highest BCUT2D eigenvalue weighted by Gasteiger charge is 2.13. The van der Waals surface area contributed by atoms with Gasteiger partial charge in [0.2, 0.25) is 5.91 Å². The molecule has 0 aliphatic carbocycles. The zero-order chi connectivity index (χ0) is 15.0. The van der Waals surface area contributed by atoms with Crippen molar-refractivity contribution in [1.29, 1.82) is 0 Å². The van der Waals surface area contributed by atoms with Gasteiger partial charge in [0.25, 0.3) is 0 Å². The van der Waals surface area contributed by atoms with Gasteiger partial charge >= 0.3 is 6.09 Å². The van der Waals surface area contributed by atoms with Gasteiger partial charge in [-0.15, -0.1) is 0 Å². The number of rotatable bonds is 7. The van der Waals surface area contributed by atoms with Crippen LogP contribution in [-0.4, -0.2) is 36.8 Å². The lowest BCUT2D eigenvalue weighted by Crippen LogP contribution is -2.44. The molecule has 20 heavy (non-hydrogen) atoms. The smallest absolute Gasteiger partial charge is 0.405 e. The molecule has 0 radical (unpaired) electrons. The Morgan fingerprint density at radius 2 is 1.95 bits per heavy atom. The summed E-state index contributed by atoms with van der Waals surface area (Å²) in [5.41, 5.74) is 1.16. The molecule has 2 amide bonds. The third kappa shape index (κ3) is 5.60. The number of nitrogens with one attached hydrogen (secondary N) is 2. The molecule has 1 atom stereocenters. The van der Waals surface area contributed by atoms with Crippen molar-refractivity contribution in [3.05, 3.63) is 29.8 Å². The van der Waals surface area contributed by atoms with Gasteiger partial charge in [0.05, 0.1) is 7.11 Å². The molecule has 0 fully saturated rings. The van der Waals surface area contributed by atoms with Gasteiger partial charge in [-0.3, -0.25) is 4.79 Å². The van der Waals surface area contributed by atoms with Crippen LogP contribution in [0.3, 0.4) is 0 Å². The Labute approximate surface area is 118 Å². The Kier molecular flexibility index (Phi) is 6.36. The molecular formula is C14H20N2O4. The third-order valence-corrected chi connectivity index (χ3v) is 2.83. The minimum absolute atomic E-state index is 0.317. The van der Waals surface area contributed by atoms with Crippen LogP contribution in [0.1, 0.15) is 18.9 Å². The SMILES string of the molecule is COc1ccc(CCCNC(=O)C(C)NC(=O)O)cc1. The molecule has 0 aromatic heterocycles. The molecule has 1 rings (SSSR count). The maximum atomic E-state index is 11.5. The van der Waals surface area contributed by atoms with Gasteiger partial charge in [-0.2, -0.15) is 0 Å². The molecule has 0 aliphatic rings. The standard InChI is InChI=1S/C14H20N2O4/c1-10(16-14(18)19)13(17)15-9-3-4-11-5-7-12(20-2)8-6-11/h5-8,10,16H,3-4,9H2,1-2H3,(H,15,17)(H,18,19). The van der Waals surface area contributed by atoms with Crippen molar-refractivity contribution in [1.82, 2.24) is 10.6 Å². The van der Waals surface area contributed by atoms with Gasteiger partial charge in [-0.1, -0.05) is 12.1 Å². The number of methoxy groups -OCH3 is 1. The summed E-state index contributed by atoms with van der Waals surface area (Å²) in [4.78, 5) is 21.9. The van der Waals surface area contributed by atoms with Crippen molar-refractivity contribution in [3.63, 3.8) is 0 Å². The van der Waals surface area contributed by atoms with E-state index in [1.807, 2.05) is 24.3 Å². The Morgan fingerprint density at radius 3 is 2.50 bits per heavy atom. The predicted molar refractivity (Wildman–Crippen MR) is 74.9 cm³/mol. The minimum Gasteiger partial charge on any atom is -0.497 e. The number of ether oxygens (including phenoxy) is 1. The molecule has 1 unspecified atom stereocenters. The van der Waals surface area contributed by atoms with Crippen LogP contribution < -0.4 is 15.4 Å². The maximum Gasteiger partial charge on any atom is 0.405 e. The fourth-order valence-electron chi connectivity index (χ4n) is 1.70. The maximum absolute atomic E-state index is 11.5. The summed E-state index contributed by atoms with van der Waals surface area (Å²) >= 11 is 0. The van der Waals surface area contributed by atoms with E-state index in [1.54, 1.807) is 7.11 Å². The van der Waals surface area contributed by atoms with E-state index in [0.717, 1.165) is 24.2 Å². The molecule has 0 saturated heterocycles. The van der Waals surface area contributed by atoms with Crippen molar-refractivity contribution in [2.45, 2.75) is 25.8 Å². The Hall–Kier alpha value is -2.24. The summed E-state index contributed by atoms with van der Waals surface area (Å²) < 4.78 is 5.07. The van der Waals surface area contributed by atoms with Crippen LogP contribution in [0.25, 0.3) is 0 Å². The number of carbonyl (C=O) groups is 2. The monoisotopic (exact) mass is 280 g/mol. The van der Waals surface area contributed by atoms with Crippen LogP contribution in [0.5, 0.6) is 5.75 Å². The Balaban J connectivity index is 2.23. The lowest BCUT2D eigenvalue weighted by atomic mass is 10.1. The molecule has 0 aliphatic heterocycles. The van der Waals surface area contributed by atoms with Crippen LogP contribution in [0.15, 0.2) is 24.3 Å². The van der Waals surface area contributed by atoms with E-state index >= 15 is 0 Å². The van der Waals surface area contributed by atoms with Crippen molar-refractivity contribution in [2.24, 2.45) is 0 Å². The third-order valence-electron chi connectivity index (χ3n) is 2.83. The molecule has 0 heterocycles. The number of benzene rings is 1. The molecular weight excluding hydrogens is 260 g/mol. The van der Waals surface area contributed by atoms with Gasteiger partial charge in [0.15, 0.2) is 0 Å². The van der Waals surface area contributed by atoms with Crippen LogP contribution in [0.2, 0.25) is 0 Å². The second-order valence-corrected chi connectivity index (χ2v) is 4.41. The van der Waals surface area contributed by atoms with E-state index in [0.29, 0.717) is 6.54 Å². The number of aryl methyl sites for hydroxylation is 1. The lowest BCUT2D eigenvalue weighted by Gasteiger charge is -2.11.